The highest BCUT2D eigenvalue weighted by molar-refractivity contribution is 6.30. The molecule has 0 aliphatic carbocycles. The summed E-state index contributed by atoms with van der Waals surface area (Å²) >= 11 is 5.80. The van der Waals surface area contributed by atoms with Gasteiger partial charge in [0.25, 0.3) is 5.91 Å². The van der Waals surface area contributed by atoms with Crippen molar-refractivity contribution in [3.8, 4) is 0 Å². The molecule has 0 bridgehead atoms. The highest BCUT2D eigenvalue weighted by Gasteiger charge is 2.24. The fourth-order valence-corrected chi connectivity index (χ4v) is 2.05. The number of amides is 2. The third-order valence-corrected chi connectivity index (χ3v) is 3.45. The first-order valence-electron chi connectivity index (χ1n) is 7.50. The molecular formula is C16H25Cl2N3O2. The van der Waals surface area contributed by atoms with Crippen molar-refractivity contribution in [2.75, 3.05) is 19.6 Å². The molecule has 7 heteroatoms. The van der Waals surface area contributed by atoms with Gasteiger partial charge in [0.15, 0.2) is 0 Å². The molecule has 0 aromatic heterocycles. The lowest BCUT2D eigenvalue weighted by atomic mass is 10.0. The average molecular weight is 362 g/mol. The molecule has 1 atom stereocenters. The second-order valence-corrected chi connectivity index (χ2v) is 5.78. The van der Waals surface area contributed by atoms with Crippen LogP contribution in [0.15, 0.2) is 24.3 Å². The maximum atomic E-state index is 12.2. The van der Waals surface area contributed by atoms with Crippen LogP contribution < -0.4 is 16.0 Å². The lowest BCUT2D eigenvalue weighted by Crippen LogP contribution is -2.50. The van der Waals surface area contributed by atoms with Crippen molar-refractivity contribution in [2.24, 2.45) is 5.92 Å². The minimum Gasteiger partial charge on any atom is -0.353 e. The van der Waals surface area contributed by atoms with E-state index in [-0.39, 0.29) is 30.1 Å². The van der Waals surface area contributed by atoms with E-state index in [0.717, 1.165) is 6.54 Å². The largest absolute Gasteiger partial charge is 0.353 e. The number of likely N-dealkylation sites (N-methyl/N-ethyl adjacent to an activating group) is 1. The summed E-state index contributed by atoms with van der Waals surface area (Å²) in [5, 5.41) is 9.30. The van der Waals surface area contributed by atoms with E-state index in [9.17, 15) is 9.59 Å². The maximum Gasteiger partial charge on any atom is 0.251 e. The van der Waals surface area contributed by atoms with Crippen molar-refractivity contribution in [3.63, 3.8) is 0 Å². The van der Waals surface area contributed by atoms with Gasteiger partial charge in [0.1, 0.15) is 6.04 Å². The van der Waals surface area contributed by atoms with Crippen LogP contribution in [0.25, 0.3) is 0 Å². The first kappa shape index (κ1) is 21.7. The molecule has 1 unspecified atom stereocenters. The van der Waals surface area contributed by atoms with Crippen LogP contribution in [-0.4, -0.2) is 37.5 Å². The number of hydrogen-bond donors (Lipinski definition) is 3. The first-order valence-corrected chi connectivity index (χ1v) is 7.88. The highest BCUT2D eigenvalue weighted by atomic mass is 35.5. The van der Waals surface area contributed by atoms with Gasteiger partial charge in [-0.1, -0.05) is 32.4 Å². The smallest absolute Gasteiger partial charge is 0.251 e. The zero-order valence-corrected chi connectivity index (χ0v) is 15.3. The van der Waals surface area contributed by atoms with Gasteiger partial charge in [0.2, 0.25) is 5.91 Å². The standard InChI is InChI=1S/C16H24ClN3O2.ClH/c1-4-18-9-10-19-16(22)14(11(2)3)20-15(21)12-5-7-13(17)8-6-12;/h5-8,11,14,18H,4,9-10H2,1-3H3,(H,19,22)(H,20,21);1H. The molecule has 0 heterocycles. The fourth-order valence-electron chi connectivity index (χ4n) is 1.92. The Balaban J connectivity index is 0.00000484. The molecule has 0 aliphatic heterocycles. The predicted octanol–water partition coefficient (Wildman–Crippen LogP) is 2.24. The van der Waals surface area contributed by atoms with E-state index < -0.39 is 6.04 Å². The van der Waals surface area contributed by atoms with Crippen LogP contribution in [0.5, 0.6) is 0 Å². The minimum absolute atomic E-state index is 0. The number of hydrogen-bond acceptors (Lipinski definition) is 3. The van der Waals surface area contributed by atoms with Gasteiger partial charge in [0, 0.05) is 23.7 Å². The number of carbonyl (C=O) groups is 2. The van der Waals surface area contributed by atoms with Crippen LogP contribution in [-0.2, 0) is 4.79 Å². The maximum absolute atomic E-state index is 12.2. The van der Waals surface area contributed by atoms with Gasteiger partial charge >= 0.3 is 0 Å². The Labute approximate surface area is 149 Å². The second kappa shape index (κ2) is 11.3. The van der Waals surface area contributed by atoms with E-state index in [2.05, 4.69) is 16.0 Å². The van der Waals surface area contributed by atoms with Crippen molar-refractivity contribution < 1.29 is 9.59 Å². The van der Waals surface area contributed by atoms with Crippen molar-refractivity contribution in [1.82, 2.24) is 16.0 Å². The third-order valence-electron chi connectivity index (χ3n) is 3.19. The summed E-state index contributed by atoms with van der Waals surface area (Å²) in [7, 11) is 0. The van der Waals surface area contributed by atoms with E-state index in [4.69, 9.17) is 11.6 Å². The molecule has 1 rings (SSSR count). The molecule has 3 N–H and O–H groups in total. The van der Waals surface area contributed by atoms with Gasteiger partial charge < -0.3 is 16.0 Å². The van der Waals surface area contributed by atoms with Crippen LogP contribution in [0, 0.1) is 5.92 Å². The Hall–Kier alpha value is -1.30. The molecule has 0 aliphatic rings. The molecule has 0 spiro atoms. The summed E-state index contributed by atoms with van der Waals surface area (Å²) in [6.07, 6.45) is 0. The zero-order valence-electron chi connectivity index (χ0n) is 13.7. The molecule has 0 saturated carbocycles. The van der Waals surface area contributed by atoms with Crippen LogP contribution in [0.3, 0.4) is 0 Å². The number of carbonyl (C=O) groups excluding carboxylic acids is 2. The highest BCUT2D eigenvalue weighted by Crippen LogP contribution is 2.10. The normalized spacial score (nSPS) is 11.5. The Morgan fingerprint density at radius 2 is 1.74 bits per heavy atom. The molecule has 23 heavy (non-hydrogen) atoms. The Kier molecular flexibility index (Phi) is 10.6. The van der Waals surface area contributed by atoms with E-state index in [0.29, 0.717) is 23.7 Å². The van der Waals surface area contributed by atoms with Crippen molar-refractivity contribution >= 4 is 35.8 Å². The van der Waals surface area contributed by atoms with Crippen molar-refractivity contribution in [2.45, 2.75) is 26.8 Å². The van der Waals surface area contributed by atoms with Crippen molar-refractivity contribution in [3.05, 3.63) is 34.9 Å². The van der Waals surface area contributed by atoms with E-state index in [1.165, 1.54) is 0 Å². The van der Waals surface area contributed by atoms with Crippen molar-refractivity contribution in [1.29, 1.82) is 0 Å². The van der Waals surface area contributed by atoms with Crippen LogP contribution in [0.4, 0.5) is 0 Å². The lowest BCUT2D eigenvalue weighted by molar-refractivity contribution is -0.123. The van der Waals surface area contributed by atoms with Gasteiger partial charge in [0.05, 0.1) is 0 Å². The number of halogens is 2. The van der Waals surface area contributed by atoms with Gasteiger partial charge in [-0.15, -0.1) is 12.4 Å². The quantitative estimate of drug-likeness (QED) is 0.621. The first-order chi connectivity index (χ1) is 10.5. The van der Waals surface area contributed by atoms with Crippen LogP contribution in [0.2, 0.25) is 5.02 Å². The summed E-state index contributed by atoms with van der Waals surface area (Å²) in [5.74, 6) is -0.456. The molecule has 1 aromatic carbocycles. The fraction of sp³-hybridized carbons (Fsp3) is 0.500. The van der Waals surface area contributed by atoms with E-state index in [1.807, 2.05) is 20.8 Å². The molecule has 0 fully saturated rings. The molecule has 130 valence electrons. The van der Waals surface area contributed by atoms with Gasteiger partial charge in [-0.05, 0) is 36.7 Å². The summed E-state index contributed by atoms with van der Waals surface area (Å²) in [6, 6.07) is 6.01. The molecule has 2 amide bonds. The van der Waals surface area contributed by atoms with E-state index >= 15 is 0 Å². The average Bonchev–Trinajstić information content (AvgIpc) is 2.49. The summed E-state index contributed by atoms with van der Waals surface area (Å²) in [5.41, 5.74) is 0.482. The second-order valence-electron chi connectivity index (χ2n) is 5.35. The molecule has 5 nitrogen and oxygen atoms in total. The van der Waals surface area contributed by atoms with Gasteiger partial charge in [-0.2, -0.15) is 0 Å². The third kappa shape index (κ3) is 7.68. The SMILES string of the molecule is CCNCCNC(=O)C(NC(=O)c1ccc(Cl)cc1)C(C)C.Cl. The molecule has 1 aromatic rings. The van der Waals surface area contributed by atoms with Gasteiger partial charge in [-0.3, -0.25) is 9.59 Å². The molecular weight excluding hydrogens is 337 g/mol. The van der Waals surface area contributed by atoms with Crippen LogP contribution in [0.1, 0.15) is 31.1 Å². The monoisotopic (exact) mass is 361 g/mol. The lowest BCUT2D eigenvalue weighted by Gasteiger charge is -2.21. The zero-order chi connectivity index (χ0) is 16.5. The Bertz CT molecular complexity index is 493. The summed E-state index contributed by atoms with van der Waals surface area (Å²) < 4.78 is 0. The number of nitrogens with one attached hydrogen (secondary N) is 3. The summed E-state index contributed by atoms with van der Waals surface area (Å²) in [6.45, 7) is 7.90. The molecule has 0 radical (unpaired) electrons. The Morgan fingerprint density at radius 1 is 1.13 bits per heavy atom. The van der Waals surface area contributed by atoms with E-state index in [1.54, 1.807) is 24.3 Å². The van der Waals surface area contributed by atoms with Gasteiger partial charge in [-0.25, -0.2) is 0 Å². The van der Waals surface area contributed by atoms with Crippen LogP contribution >= 0.6 is 24.0 Å². The number of rotatable bonds is 8. The summed E-state index contributed by atoms with van der Waals surface area (Å²) in [4.78, 5) is 24.4. The Morgan fingerprint density at radius 3 is 2.26 bits per heavy atom. The predicted molar refractivity (Wildman–Crippen MR) is 96.3 cm³/mol. The molecule has 0 saturated heterocycles. The topological polar surface area (TPSA) is 70.2 Å². The minimum atomic E-state index is -0.565. The number of benzene rings is 1.